The summed E-state index contributed by atoms with van der Waals surface area (Å²) in [4.78, 5) is 24.1. The van der Waals surface area contributed by atoms with Gasteiger partial charge in [-0.05, 0) is 6.42 Å². The van der Waals surface area contributed by atoms with Crippen LogP contribution in [0.1, 0.15) is 116 Å². The van der Waals surface area contributed by atoms with E-state index in [1.165, 1.54) is 104 Å². The van der Waals surface area contributed by atoms with Gasteiger partial charge in [-0.25, -0.2) is 4.79 Å². The van der Waals surface area contributed by atoms with E-state index in [0.29, 0.717) is 29.8 Å². The number of carbonyl (C=O) groups excluding carboxylic acids is 1. The van der Waals surface area contributed by atoms with E-state index in [0.717, 1.165) is 25.8 Å². The molecule has 0 aromatic heterocycles. The van der Waals surface area contributed by atoms with Crippen molar-refractivity contribution in [1.82, 2.24) is 0 Å². The summed E-state index contributed by atoms with van der Waals surface area (Å²) in [5.74, 6) is -0.347. The van der Waals surface area contributed by atoms with Crippen molar-refractivity contribution >= 4 is 13.8 Å². The number of likely N-dealkylation sites (N-methyl/N-ethyl adjacent to an activating group) is 1. The van der Waals surface area contributed by atoms with Crippen molar-refractivity contribution in [2.45, 2.75) is 122 Å². The number of ether oxygens (including phenoxy) is 3. The van der Waals surface area contributed by atoms with Crippen LogP contribution in [0.5, 0.6) is 0 Å². The molecular weight excluding hydrogens is 557 g/mol. The second kappa shape index (κ2) is 24.5. The van der Waals surface area contributed by atoms with E-state index in [1.807, 2.05) is 13.1 Å². The molecule has 0 radical (unpaired) electrons. The Morgan fingerprint density at radius 2 is 1.40 bits per heavy atom. The molecule has 0 aromatic carbocycles. The first kappa shape index (κ1) is 39.2. The van der Waals surface area contributed by atoms with E-state index in [1.54, 1.807) is 0 Å². The van der Waals surface area contributed by atoms with Crippen molar-refractivity contribution in [3.63, 3.8) is 0 Å². The molecule has 0 saturated heterocycles. The Bertz CT molecular complexity index is 765. The number of hydrogen-bond donors (Lipinski definition) is 0. The van der Waals surface area contributed by atoms with Crippen molar-refractivity contribution in [2.24, 2.45) is 0 Å². The Balaban J connectivity index is 2.00. The molecule has 1 heterocycles. The third-order valence-corrected chi connectivity index (χ3v) is 9.10. The highest BCUT2D eigenvalue weighted by Crippen LogP contribution is 2.38. The number of quaternary nitrogens is 1. The van der Waals surface area contributed by atoms with Crippen molar-refractivity contribution in [2.75, 3.05) is 67.3 Å². The SMILES string of the molecule is CCCCCCCCCCCCCCCCCCOCC(COP(=O)([O-])OCC[N+]1(C)CCC=C(C(=O)OC)C1)OC. The number of hydrogen-bond acceptors (Lipinski definition) is 8. The lowest BCUT2D eigenvalue weighted by atomic mass is 10.0. The molecule has 42 heavy (non-hydrogen) atoms. The molecule has 0 amide bonds. The van der Waals surface area contributed by atoms with Crippen LogP contribution in [0.4, 0.5) is 0 Å². The molecule has 9 nitrogen and oxygen atoms in total. The molecule has 0 spiro atoms. The summed E-state index contributed by atoms with van der Waals surface area (Å²) in [6, 6.07) is 0. The summed E-state index contributed by atoms with van der Waals surface area (Å²) < 4.78 is 38.7. The summed E-state index contributed by atoms with van der Waals surface area (Å²) in [6.45, 7) is 4.68. The fourth-order valence-corrected chi connectivity index (χ4v) is 6.04. The molecule has 0 bridgehead atoms. The van der Waals surface area contributed by atoms with Gasteiger partial charge < -0.3 is 32.6 Å². The largest absolute Gasteiger partial charge is 0.756 e. The molecule has 248 valence electrons. The summed E-state index contributed by atoms with van der Waals surface area (Å²) in [6.07, 6.45) is 23.4. The van der Waals surface area contributed by atoms with Crippen LogP contribution in [0.3, 0.4) is 0 Å². The number of esters is 1. The molecule has 3 unspecified atom stereocenters. The van der Waals surface area contributed by atoms with E-state index in [9.17, 15) is 14.3 Å². The maximum Gasteiger partial charge on any atom is 0.339 e. The zero-order valence-corrected chi connectivity index (χ0v) is 28.2. The van der Waals surface area contributed by atoms with Gasteiger partial charge in [-0.1, -0.05) is 109 Å². The van der Waals surface area contributed by atoms with E-state index < -0.39 is 13.9 Å². The highest BCUT2D eigenvalue weighted by molar-refractivity contribution is 7.45. The van der Waals surface area contributed by atoms with Crippen LogP contribution in [-0.2, 0) is 32.6 Å². The van der Waals surface area contributed by atoms with Gasteiger partial charge in [-0.2, -0.15) is 0 Å². The van der Waals surface area contributed by atoms with Crippen LogP contribution in [0.25, 0.3) is 0 Å². The van der Waals surface area contributed by atoms with Crippen LogP contribution in [0.2, 0.25) is 0 Å². The van der Waals surface area contributed by atoms with Gasteiger partial charge in [0.25, 0.3) is 7.82 Å². The Morgan fingerprint density at radius 3 is 1.93 bits per heavy atom. The minimum atomic E-state index is -4.48. The normalized spacial score (nSPS) is 19.3. The van der Waals surface area contributed by atoms with Gasteiger partial charge >= 0.3 is 5.97 Å². The second-order valence-electron chi connectivity index (χ2n) is 12.0. The van der Waals surface area contributed by atoms with E-state index in [-0.39, 0.29) is 25.8 Å². The topological polar surface area (TPSA) is 103 Å². The number of phosphoric ester groups is 1. The molecule has 0 saturated carbocycles. The van der Waals surface area contributed by atoms with E-state index in [2.05, 4.69) is 6.92 Å². The molecule has 1 rings (SSSR count). The third-order valence-electron chi connectivity index (χ3n) is 8.14. The molecule has 0 N–H and O–H groups in total. The van der Waals surface area contributed by atoms with Crippen LogP contribution in [0.15, 0.2) is 11.6 Å². The summed E-state index contributed by atoms with van der Waals surface area (Å²) in [5.41, 5.74) is 0.607. The van der Waals surface area contributed by atoms with Crippen LogP contribution < -0.4 is 4.89 Å². The molecule has 0 fully saturated rings. The Hall–Kier alpha value is -0.800. The lowest BCUT2D eigenvalue weighted by Crippen LogP contribution is -2.50. The molecule has 1 aliphatic rings. The molecular formula is C32H62NO8P. The fourth-order valence-electron chi connectivity index (χ4n) is 5.31. The van der Waals surface area contributed by atoms with Crippen LogP contribution in [-0.4, -0.2) is 83.9 Å². The van der Waals surface area contributed by atoms with Crippen molar-refractivity contribution in [3.8, 4) is 0 Å². The van der Waals surface area contributed by atoms with Gasteiger partial charge in [0.1, 0.15) is 25.8 Å². The standard InChI is InChI=1S/C32H62NO8P/c1-5-6-7-8-9-10-11-12-13-14-15-16-17-18-19-20-25-39-28-31(37-3)29-41-42(35,36)40-26-24-33(2)23-21-22-30(27-33)32(34)38-4/h22,31H,5-21,23-29H2,1-4H3. The van der Waals surface area contributed by atoms with Gasteiger partial charge in [0, 0.05) is 20.1 Å². The first-order valence-electron chi connectivity index (χ1n) is 16.6. The summed E-state index contributed by atoms with van der Waals surface area (Å²) in [7, 11) is 0.356. The Labute approximate surface area is 256 Å². The predicted molar refractivity (Wildman–Crippen MR) is 166 cm³/mol. The zero-order valence-electron chi connectivity index (χ0n) is 27.3. The number of phosphoric acid groups is 1. The monoisotopic (exact) mass is 619 g/mol. The quantitative estimate of drug-likeness (QED) is 0.0411. The maximum absolute atomic E-state index is 12.3. The molecule has 0 aliphatic carbocycles. The van der Waals surface area contributed by atoms with Gasteiger partial charge in [0.2, 0.25) is 0 Å². The average molecular weight is 620 g/mol. The lowest BCUT2D eigenvalue weighted by Gasteiger charge is -2.37. The first-order valence-corrected chi connectivity index (χ1v) is 18.0. The van der Waals surface area contributed by atoms with E-state index in [4.69, 9.17) is 23.3 Å². The molecule has 1 aliphatic heterocycles. The van der Waals surface area contributed by atoms with Gasteiger partial charge in [-0.15, -0.1) is 0 Å². The predicted octanol–water partition coefficient (Wildman–Crippen LogP) is 6.73. The lowest BCUT2D eigenvalue weighted by molar-refractivity contribution is -0.906. The summed E-state index contributed by atoms with van der Waals surface area (Å²) >= 11 is 0. The van der Waals surface area contributed by atoms with E-state index >= 15 is 0 Å². The van der Waals surface area contributed by atoms with Gasteiger partial charge in [-0.3, -0.25) is 4.57 Å². The van der Waals surface area contributed by atoms with Crippen molar-refractivity contribution in [1.29, 1.82) is 0 Å². The van der Waals surface area contributed by atoms with Crippen molar-refractivity contribution in [3.05, 3.63) is 11.6 Å². The third kappa shape index (κ3) is 20.2. The summed E-state index contributed by atoms with van der Waals surface area (Å²) in [5, 5.41) is 0. The maximum atomic E-state index is 12.3. The molecule has 10 heteroatoms. The Kier molecular flexibility index (Phi) is 22.9. The highest BCUT2D eigenvalue weighted by Gasteiger charge is 2.30. The minimum absolute atomic E-state index is 0.0286. The van der Waals surface area contributed by atoms with Crippen molar-refractivity contribution < 1.29 is 42.0 Å². The highest BCUT2D eigenvalue weighted by atomic mass is 31.2. The fraction of sp³-hybridized carbons (Fsp3) is 0.906. The molecule has 3 atom stereocenters. The van der Waals surface area contributed by atoms with Gasteiger partial charge in [0.15, 0.2) is 0 Å². The average Bonchev–Trinajstić information content (AvgIpc) is 2.97. The van der Waals surface area contributed by atoms with Gasteiger partial charge in [0.05, 0.1) is 39.5 Å². The van der Waals surface area contributed by atoms with Crippen LogP contribution in [0, 0.1) is 0 Å². The first-order chi connectivity index (χ1) is 20.2. The zero-order chi connectivity index (χ0) is 30.9. The number of carbonyl (C=O) groups is 1. The number of rotatable bonds is 28. The number of methoxy groups -OCH3 is 2. The smallest absolute Gasteiger partial charge is 0.339 e. The second-order valence-corrected chi connectivity index (χ2v) is 13.5. The Morgan fingerprint density at radius 1 is 0.857 bits per heavy atom. The minimum Gasteiger partial charge on any atom is -0.756 e. The number of nitrogens with zero attached hydrogens (tertiary/aromatic N) is 1. The van der Waals surface area contributed by atoms with Crippen LogP contribution >= 0.6 is 7.82 Å². The molecule has 0 aromatic rings. The number of unbranched alkanes of at least 4 members (excludes halogenated alkanes) is 15.